The Morgan fingerprint density at radius 2 is 2.05 bits per heavy atom. The van der Waals surface area contributed by atoms with E-state index in [2.05, 4.69) is 9.97 Å². The molecule has 1 saturated heterocycles. The summed E-state index contributed by atoms with van der Waals surface area (Å²) in [5.74, 6) is 1.93. The lowest BCUT2D eigenvalue weighted by atomic mass is 9.99. The molecule has 2 atom stereocenters. The second kappa shape index (κ2) is 4.66. The molecule has 1 amide bonds. The van der Waals surface area contributed by atoms with E-state index in [1.165, 1.54) is 19.0 Å². The number of rotatable bonds is 3. The Morgan fingerprint density at radius 1 is 1.29 bits per heavy atom. The van der Waals surface area contributed by atoms with Gasteiger partial charge in [0.15, 0.2) is 0 Å². The highest BCUT2D eigenvalue weighted by Gasteiger charge is 2.42. The van der Waals surface area contributed by atoms with Crippen molar-refractivity contribution in [1.29, 1.82) is 0 Å². The summed E-state index contributed by atoms with van der Waals surface area (Å²) in [4.78, 5) is 33.3. The van der Waals surface area contributed by atoms with Crippen LogP contribution in [0.25, 0.3) is 0 Å². The fraction of sp³-hybridized carbons (Fsp3) is 0.667. The van der Waals surface area contributed by atoms with E-state index >= 15 is 0 Å². The first kappa shape index (κ1) is 13.0. The summed E-state index contributed by atoms with van der Waals surface area (Å²) in [5, 5.41) is 0. The van der Waals surface area contributed by atoms with E-state index in [0.29, 0.717) is 36.7 Å². The van der Waals surface area contributed by atoms with Crippen molar-refractivity contribution in [3.05, 3.63) is 27.9 Å². The second-order valence-corrected chi connectivity index (χ2v) is 6.66. The predicted octanol–water partition coefficient (Wildman–Crippen LogP) is 0.457. The van der Waals surface area contributed by atoms with E-state index in [1.54, 1.807) is 4.90 Å². The Bertz CT molecular complexity index is 633. The van der Waals surface area contributed by atoms with Crippen molar-refractivity contribution in [2.24, 2.45) is 17.6 Å². The first-order chi connectivity index (χ1) is 10.1. The van der Waals surface area contributed by atoms with Gasteiger partial charge in [0.05, 0.1) is 0 Å². The van der Waals surface area contributed by atoms with Crippen molar-refractivity contribution in [2.45, 2.75) is 37.6 Å². The number of aromatic amines is 1. The van der Waals surface area contributed by atoms with Gasteiger partial charge in [0.1, 0.15) is 11.4 Å². The van der Waals surface area contributed by atoms with Crippen LogP contribution in [-0.2, 0) is 0 Å². The van der Waals surface area contributed by atoms with E-state index < -0.39 is 0 Å². The van der Waals surface area contributed by atoms with Gasteiger partial charge >= 0.3 is 0 Å². The number of aromatic nitrogens is 2. The monoisotopic (exact) mass is 288 g/mol. The molecule has 0 unspecified atom stereocenters. The predicted molar refractivity (Wildman–Crippen MR) is 76.9 cm³/mol. The van der Waals surface area contributed by atoms with Gasteiger partial charge in [-0.3, -0.25) is 9.59 Å². The van der Waals surface area contributed by atoms with Gasteiger partial charge in [-0.15, -0.1) is 0 Å². The summed E-state index contributed by atoms with van der Waals surface area (Å²) in [7, 11) is 0. The van der Waals surface area contributed by atoms with E-state index in [9.17, 15) is 9.59 Å². The fourth-order valence-corrected chi connectivity index (χ4v) is 3.34. The molecular formula is C15H20N4O2. The summed E-state index contributed by atoms with van der Waals surface area (Å²) < 4.78 is 0. The molecule has 0 aromatic carbocycles. The largest absolute Gasteiger partial charge is 0.337 e. The van der Waals surface area contributed by atoms with Gasteiger partial charge in [0, 0.05) is 31.2 Å². The summed E-state index contributed by atoms with van der Waals surface area (Å²) in [6.45, 7) is 1.22. The third-order valence-corrected chi connectivity index (χ3v) is 4.94. The van der Waals surface area contributed by atoms with Crippen molar-refractivity contribution in [3.63, 3.8) is 0 Å². The van der Waals surface area contributed by atoms with Crippen molar-refractivity contribution in [3.8, 4) is 0 Å². The Balaban J connectivity index is 1.53. The Labute approximate surface area is 122 Å². The Hall–Kier alpha value is -1.69. The van der Waals surface area contributed by atoms with Gasteiger partial charge in [-0.2, -0.15) is 0 Å². The standard InChI is InChI=1S/C15H20N4O2/c16-12-7-19(6-11(12)8-1-2-8)15(21)10-5-17-13(9-3-4-9)18-14(10)20/h5,8-9,11-12H,1-4,6-7,16H2,(H,17,18,20)/t11-,12+/m0/s1. The molecule has 2 aliphatic carbocycles. The lowest BCUT2D eigenvalue weighted by Gasteiger charge is -2.15. The zero-order chi connectivity index (χ0) is 14.6. The number of nitrogens with zero attached hydrogens (tertiary/aromatic N) is 2. The van der Waals surface area contributed by atoms with Crippen molar-refractivity contribution < 1.29 is 4.79 Å². The zero-order valence-electron chi connectivity index (χ0n) is 11.9. The molecule has 2 heterocycles. The van der Waals surface area contributed by atoms with Crippen LogP contribution >= 0.6 is 0 Å². The highest BCUT2D eigenvalue weighted by atomic mass is 16.2. The second-order valence-electron chi connectivity index (χ2n) is 6.66. The van der Waals surface area contributed by atoms with Gasteiger partial charge < -0.3 is 15.6 Å². The molecule has 6 nitrogen and oxygen atoms in total. The molecule has 1 aliphatic heterocycles. The molecule has 3 aliphatic rings. The number of amides is 1. The number of nitrogens with two attached hydrogens (primary N) is 1. The summed E-state index contributed by atoms with van der Waals surface area (Å²) in [6.07, 6.45) is 6.02. The summed E-state index contributed by atoms with van der Waals surface area (Å²) >= 11 is 0. The Morgan fingerprint density at radius 3 is 2.67 bits per heavy atom. The number of H-pyrrole nitrogens is 1. The minimum atomic E-state index is -0.319. The van der Waals surface area contributed by atoms with Crippen LogP contribution in [0.15, 0.2) is 11.0 Å². The van der Waals surface area contributed by atoms with E-state index in [0.717, 1.165) is 12.8 Å². The molecule has 4 rings (SSSR count). The molecule has 6 heteroatoms. The third kappa shape index (κ3) is 2.37. The lowest BCUT2D eigenvalue weighted by molar-refractivity contribution is 0.0782. The molecule has 2 saturated carbocycles. The van der Waals surface area contributed by atoms with Crippen LogP contribution in [0.4, 0.5) is 0 Å². The molecule has 0 bridgehead atoms. The van der Waals surface area contributed by atoms with E-state index in [4.69, 9.17) is 5.73 Å². The highest BCUT2D eigenvalue weighted by molar-refractivity contribution is 5.93. The minimum absolute atomic E-state index is 0.0410. The van der Waals surface area contributed by atoms with Crippen LogP contribution < -0.4 is 11.3 Å². The summed E-state index contributed by atoms with van der Waals surface area (Å²) in [6, 6.07) is 0.0410. The maximum atomic E-state index is 12.5. The SMILES string of the molecule is N[C@@H]1CN(C(=O)c2cnc(C3CC3)[nH]c2=O)C[C@H]1C1CC1. The molecular weight excluding hydrogens is 268 g/mol. The average Bonchev–Trinajstić information content (AvgIpc) is 3.36. The maximum Gasteiger partial charge on any atom is 0.263 e. The van der Waals surface area contributed by atoms with E-state index in [1.807, 2.05) is 0 Å². The van der Waals surface area contributed by atoms with Crippen LogP contribution in [0.2, 0.25) is 0 Å². The smallest absolute Gasteiger partial charge is 0.263 e. The number of likely N-dealkylation sites (tertiary alicyclic amines) is 1. The van der Waals surface area contributed by atoms with Crippen LogP contribution in [0.1, 0.15) is 47.8 Å². The van der Waals surface area contributed by atoms with Crippen molar-refractivity contribution in [2.75, 3.05) is 13.1 Å². The number of hydrogen-bond acceptors (Lipinski definition) is 4. The quantitative estimate of drug-likeness (QED) is 0.845. The lowest BCUT2D eigenvalue weighted by Crippen LogP contribution is -2.35. The van der Waals surface area contributed by atoms with Gasteiger partial charge in [-0.05, 0) is 37.5 Å². The number of nitrogens with one attached hydrogen (secondary N) is 1. The van der Waals surface area contributed by atoms with Crippen LogP contribution in [0.5, 0.6) is 0 Å². The van der Waals surface area contributed by atoms with Gasteiger partial charge in [0.2, 0.25) is 0 Å². The van der Waals surface area contributed by atoms with Crippen LogP contribution in [0, 0.1) is 11.8 Å². The molecule has 3 fully saturated rings. The molecule has 112 valence electrons. The molecule has 1 aromatic heterocycles. The molecule has 0 radical (unpaired) electrons. The fourth-order valence-electron chi connectivity index (χ4n) is 3.34. The molecule has 3 N–H and O–H groups in total. The van der Waals surface area contributed by atoms with Gasteiger partial charge in [0.25, 0.3) is 11.5 Å². The Kier molecular flexibility index (Phi) is 2.89. The normalized spacial score (nSPS) is 28.9. The molecule has 21 heavy (non-hydrogen) atoms. The topological polar surface area (TPSA) is 92.1 Å². The van der Waals surface area contributed by atoms with Crippen LogP contribution in [-0.4, -0.2) is 39.9 Å². The number of carbonyl (C=O) groups excluding carboxylic acids is 1. The van der Waals surface area contributed by atoms with Crippen molar-refractivity contribution in [1.82, 2.24) is 14.9 Å². The zero-order valence-corrected chi connectivity index (χ0v) is 11.9. The average molecular weight is 288 g/mol. The molecule has 1 aromatic rings. The summed E-state index contributed by atoms with van der Waals surface area (Å²) in [5.41, 5.74) is 5.96. The maximum absolute atomic E-state index is 12.5. The van der Waals surface area contributed by atoms with E-state index in [-0.39, 0.29) is 23.1 Å². The first-order valence-corrected chi connectivity index (χ1v) is 7.77. The number of hydrogen-bond donors (Lipinski definition) is 2. The van der Waals surface area contributed by atoms with Crippen LogP contribution in [0.3, 0.4) is 0 Å². The van der Waals surface area contributed by atoms with Crippen molar-refractivity contribution >= 4 is 5.91 Å². The molecule has 0 spiro atoms. The highest BCUT2D eigenvalue weighted by Crippen LogP contribution is 2.41. The first-order valence-electron chi connectivity index (χ1n) is 7.77. The minimum Gasteiger partial charge on any atom is -0.337 e. The third-order valence-electron chi connectivity index (χ3n) is 4.94. The van der Waals surface area contributed by atoms with Gasteiger partial charge in [-0.25, -0.2) is 4.98 Å². The van der Waals surface area contributed by atoms with Gasteiger partial charge in [-0.1, -0.05) is 0 Å². The number of carbonyl (C=O) groups is 1.